The van der Waals surface area contributed by atoms with Crippen LogP contribution in [0.4, 0.5) is 10.1 Å². The van der Waals surface area contributed by atoms with Crippen molar-refractivity contribution in [2.45, 2.75) is 19.9 Å². The van der Waals surface area contributed by atoms with Crippen molar-refractivity contribution >= 4 is 11.6 Å². The maximum Gasteiger partial charge on any atom is 0.273 e. The number of hydrogen-bond donors (Lipinski definition) is 2. The number of amides is 1. The molecule has 1 aliphatic heterocycles. The Balaban J connectivity index is 1.78. The highest BCUT2D eigenvalue weighted by Crippen LogP contribution is 2.28. The summed E-state index contributed by atoms with van der Waals surface area (Å²) in [5.41, 5.74) is 1.94. The third-order valence-corrected chi connectivity index (χ3v) is 4.61. The van der Waals surface area contributed by atoms with E-state index in [1.54, 1.807) is 6.07 Å². The number of H-pyrrole nitrogens is 1. The molecule has 1 unspecified atom stereocenters. The SMILES string of the molecule is CCN1CCN(c2ccc(F)cc2C(C)NC(=O)c2cn[nH]n2)CC1. The maximum absolute atomic E-state index is 13.8. The van der Waals surface area contributed by atoms with E-state index >= 15 is 0 Å². The molecule has 25 heavy (non-hydrogen) atoms. The lowest BCUT2D eigenvalue weighted by Crippen LogP contribution is -2.46. The van der Waals surface area contributed by atoms with Crippen LogP contribution in [0.25, 0.3) is 0 Å². The minimum absolute atomic E-state index is 0.210. The van der Waals surface area contributed by atoms with Crippen molar-refractivity contribution in [3.8, 4) is 0 Å². The fourth-order valence-electron chi connectivity index (χ4n) is 3.12. The number of anilines is 1. The third-order valence-electron chi connectivity index (χ3n) is 4.61. The summed E-state index contributed by atoms with van der Waals surface area (Å²) >= 11 is 0. The second-order valence-electron chi connectivity index (χ2n) is 6.17. The Morgan fingerprint density at radius 2 is 2.12 bits per heavy atom. The lowest BCUT2D eigenvalue weighted by Gasteiger charge is -2.37. The van der Waals surface area contributed by atoms with Crippen LogP contribution in [0.5, 0.6) is 0 Å². The number of hydrogen-bond acceptors (Lipinski definition) is 5. The zero-order valence-electron chi connectivity index (χ0n) is 14.5. The summed E-state index contributed by atoms with van der Waals surface area (Å²) in [6.45, 7) is 8.76. The van der Waals surface area contributed by atoms with Gasteiger partial charge in [0.25, 0.3) is 5.91 Å². The van der Waals surface area contributed by atoms with Gasteiger partial charge in [-0.1, -0.05) is 6.92 Å². The summed E-state index contributed by atoms with van der Waals surface area (Å²) in [7, 11) is 0. The van der Waals surface area contributed by atoms with Gasteiger partial charge in [-0.25, -0.2) is 4.39 Å². The molecule has 1 atom stereocenters. The number of nitrogens with one attached hydrogen (secondary N) is 2. The Morgan fingerprint density at radius 1 is 1.36 bits per heavy atom. The van der Waals surface area contributed by atoms with Gasteiger partial charge >= 0.3 is 0 Å². The number of aromatic amines is 1. The van der Waals surface area contributed by atoms with E-state index in [0.29, 0.717) is 0 Å². The molecule has 2 aromatic rings. The number of halogens is 1. The highest BCUT2D eigenvalue weighted by Gasteiger charge is 2.22. The number of aromatic nitrogens is 3. The number of piperazine rings is 1. The zero-order chi connectivity index (χ0) is 17.8. The van der Waals surface area contributed by atoms with E-state index in [1.807, 2.05) is 6.92 Å². The summed E-state index contributed by atoms with van der Waals surface area (Å²) in [5.74, 6) is -0.652. The van der Waals surface area contributed by atoms with Crippen LogP contribution in [0.2, 0.25) is 0 Å². The molecule has 1 aliphatic rings. The predicted octanol–water partition coefficient (Wildman–Crippen LogP) is 1.58. The van der Waals surface area contributed by atoms with Crippen LogP contribution in [0, 0.1) is 5.82 Å². The number of rotatable bonds is 5. The van der Waals surface area contributed by atoms with Crippen molar-refractivity contribution in [3.63, 3.8) is 0 Å². The van der Waals surface area contributed by atoms with E-state index in [2.05, 4.69) is 37.5 Å². The molecule has 2 heterocycles. The molecule has 0 spiro atoms. The largest absolute Gasteiger partial charge is 0.369 e. The fourth-order valence-corrected chi connectivity index (χ4v) is 3.12. The Morgan fingerprint density at radius 3 is 2.76 bits per heavy atom. The lowest BCUT2D eigenvalue weighted by atomic mass is 10.0. The molecule has 0 aliphatic carbocycles. The van der Waals surface area contributed by atoms with Gasteiger partial charge in [0.2, 0.25) is 0 Å². The Kier molecular flexibility index (Phi) is 5.28. The number of benzene rings is 1. The number of carbonyl (C=O) groups excluding carboxylic acids is 1. The number of likely N-dealkylation sites (N-methyl/N-ethyl adjacent to an activating group) is 1. The number of carbonyl (C=O) groups is 1. The molecule has 1 fully saturated rings. The summed E-state index contributed by atoms with van der Waals surface area (Å²) in [6, 6.07) is 4.41. The minimum Gasteiger partial charge on any atom is -0.369 e. The molecule has 0 radical (unpaired) electrons. The van der Waals surface area contributed by atoms with Gasteiger partial charge in [0, 0.05) is 37.4 Å². The summed E-state index contributed by atoms with van der Waals surface area (Å²) in [6.07, 6.45) is 1.36. The van der Waals surface area contributed by atoms with E-state index in [-0.39, 0.29) is 23.5 Å². The molecule has 134 valence electrons. The molecule has 1 aromatic carbocycles. The number of nitrogens with zero attached hydrogens (tertiary/aromatic N) is 4. The molecule has 7 nitrogen and oxygen atoms in total. The highest BCUT2D eigenvalue weighted by molar-refractivity contribution is 5.92. The Hall–Kier alpha value is -2.48. The van der Waals surface area contributed by atoms with E-state index in [4.69, 9.17) is 0 Å². The first-order valence-electron chi connectivity index (χ1n) is 8.52. The molecule has 8 heteroatoms. The molecule has 0 saturated carbocycles. The van der Waals surface area contributed by atoms with Crippen LogP contribution >= 0.6 is 0 Å². The van der Waals surface area contributed by atoms with Crippen molar-refractivity contribution in [1.29, 1.82) is 0 Å². The Bertz CT molecular complexity index is 712. The highest BCUT2D eigenvalue weighted by atomic mass is 19.1. The molecule has 2 N–H and O–H groups in total. The fraction of sp³-hybridized carbons (Fsp3) is 0.471. The van der Waals surface area contributed by atoms with Crippen molar-refractivity contribution in [2.24, 2.45) is 0 Å². The van der Waals surface area contributed by atoms with Gasteiger partial charge in [-0.15, -0.1) is 0 Å². The summed E-state index contributed by atoms with van der Waals surface area (Å²) in [5, 5.41) is 12.7. The molecular weight excluding hydrogens is 323 g/mol. The molecular formula is C17H23FN6O. The first-order valence-corrected chi connectivity index (χ1v) is 8.52. The van der Waals surface area contributed by atoms with Gasteiger partial charge in [0.1, 0.15) is 5.82 Å². The first kappa shape index (κ1) is 17.3. The van der Waals surface area contributed by atoms with Gasteiger partial charge in [-0.3, -0.25) is 4.79 Å². The predicted molar refractivity (Wildman–Crippen MR) is 93.0 cm³/mol. The summed E-state index contributed by atoms with van der Waals surface area (Å²) < 4.78 is 13.8. The van der Waals surface area contributed by atoms with E-state index in [9.17, 15) is 9.18 Å². The summed E-state index contributed by atoms with van der Waals surface area (Å²) in [4.78, 5) is 16.8. The topological polar surface area (TPSA) is 77.1 Å². The van der Waals surface area contributed by atoms with Crippen LogP contribution in [0.15, 0.2) is 24.4 Å². The Labute approximate surface area is 146 Å². The van der Waals surface area contributed by atoms with Crippen molar-refractivity contribution in [3.05, 3.63) is 41.5 Å². The van der Waals surface area contributed by atoms with Crippen LogP contribution < -0.4 is 10.2 Å². The molecule has 0 bridgehead atoms. The van der Waals surface area contributed by atoms with Gasteiger partial charge in [-0.05, 0) is 31.7 Å². The normalized spacial score (nSPS) is 16.7. The average molecular weight is 346 g/mol. The van der Waals surface area contributed by atoms with Gasteiger partial charge in [0.15, 0.2) is 5.69 Å². The van der Waals surface area contributed by atoms with Gasteiger partial charge < -0.3 is 15.1 Å². The van der Waals surface area contributed by atoms with Crippen LogP contribution in [-0.2, 0) is 0 Å². The molecule has 3 rings (SSSR count). The van der Waals surface area contributed by atoms with Crippen LogP contribution in [0.3, 0.4) is 0 Å². The second kappa shape index (κ2) is 7.60. The smallest absolute Gasteiger partial charge is 0.273 e. The van der Waals surface area contributed by atoms with Crippen molar-refractivity contribution in [1.82, 2.24) is 25.6 Å². The first-order chi connectivity index (χ1) is 12.1. The maximum atomic E-state index is 13.8. The second-order valence-corrected chi connectivity index (χ2v) is 6.17. The molecule has 1 aromatic heterocycles. The average Bonchev–Trinajstić information content (AvgIpc) is 3.16. The van der Waals surface area contributed by atoms with E-state index in [0.717, 1.165) is 44.0 Å². The monoisotopic (exact) mass is 346 g/mol. The van der Waals surface area contributed by atoms with Crippen molar-refractivity contribution in [2.75, 3.05) is 37.6 Å². The van der Waals surface area contributed by atoms with Crippen molar-refractivity contribution < 1.29 is 9.18 Å². The van der Waals surface area contributed by atoms with Gasteiger partial charge in [0.05, 0.1) is 12.2 Å². The van der Waals surface area contributed by atoms with Gasteiger partial charge in [-0.2, -0.15) is 15.4 Å². The minimum atomic E-state index is -0.348. The molecule has 1 saturated heterocycles. The van der Waals surface area contributed by atoms with Crippen LogP contribution in [-0.4, -0.2) is 58.9 Å². The third kappa shape index (κ3) is 3.96. The lowest BCUT2D eigenvalue weighted by molar-refractivity contribution is 0.0934. The van der Waals surface area contributed by atoms with Crippen LogP contribution in [0.1, 0.15) is 35.9 Å². The van der Waals surface area contributed by atoms with E-state index in [1.165, 1.54) is 18.3 Å². The zero-order valence-corrected chi connectivity index (χ0v) is 14.5. The quantitative estimate of drug-likeness (QED) is 0.859. The standard InChI is InChI=1S/C17H23FN6O/c1-3-23-6-8-24(9-7-23)16-5-4-13(18)10-14(16)12(2)20-17(25)15-11-19-22-21-15/h4-5,10-12H,3,6-9H2,1-2H3,(H,20,25)(H,19,21,22). The van der Waals surface area contributed by atoms with E-state index < -0.39 is 0 Å². The molecule has 1 amide bonds.